The standard InChI is InChI=1S/C15H24N2O/c1-5-17(6-2)15(18)11-16-13(4)14-10-8-7-9-12(14)3/h7-10,13,16H,5-6,11H2,1-4H3. The van der Waals surface area contributed by atoms with Gasteiger partial charge in [0.15, 0.2) is 0 Å². The van der Waals surface area contributed by atoms with Gasteiger partial charge in [-0.15, -0.1) is 0 Å². The van der Waals surface area contributed by atoms with Crippen molar-refractivity contribution in [2.45, 2.75) is 33.7 Å². The quantitative estimate of drug-likeness (QED) is 0.839. The highest BCUT2D eigenvalue weighted by molar-refractivity contribution is 5.78. The zero-order valence-electron chi connectivity index (χ0n) is 11.9. The molecular weight excluding hydrogens is 224 g/mol. The zero-order chi connectivity index (χ0) is 13.5. The summed E-state index contributed by atoms with van der Waals surface area (Å²) in [5, 5.41) is 3.30. The van der Waals surface area contributed by atoms with Crippen molar-refractivity contribution in [2.75, 3.05) is 19.6 Å². The number of hydrogen-bond donors (Lipinski definition) is 1. The summed E-state index contributed by atoms with van der Waals surface area (Å²) in [5.74, 6) is 0.167. The minimum atomic E-state index is 0.167. The van der Waals surface area contributed by atoms with Crippen LogP contribution in [0, 0.1) is 6.92 Å². The van der Waals surface area contributed by atoms with Crippen molar-refractivity contribution in [3.63, 3.8) is 0 Å². The summed E-state index contributed by atoms with van der Waals surface area (Å²) in [6, 6.07) is 8.47. The SMILES string of the molecule is CCN(CC)C(=O)CNC(C)c1ccccc1C. The van der Waals surface area contributed by atoms with Gasteiger partial charge in [-0.05, 0) is 38.8 Å². The Morgan fingerprint density at radius 2 is 1.89 bits per heavy atom. The second kappa shape index (κ2) is 7.17. The Morgan fingerprint density at radius 3 is 2.44 bits per heavy atom. The Bertz CT molecular complexity index is 386. The van der Waals surface area contributed by atoms with Crippen LogP contribution in [0.3, 0.4) is 0 Å². The predicted octanol–water partition coefficient (Wildman–Crippen LogP) is 2.51. The van der Waals surface area contributed by atoms with Crippen molar-refractivity contribution in [1.82, 2.24) is 10.2 Å². The van der Waals surface area contributed by atoms with E-state index >= 15 is 0 Å². The maximum atomic E-state index is 11.9. The van der Waals surface area contributed by atoms with Gasteiger partial charge in [-0.25, -0.2) is 0 Å². The number of carbonyl (C=O) groups is 1. The van der Waals surface area contributed by atoms with Crippen molar-refractivity contribution in [3.8, 4) is 0 Å². The lowest BCUT2D eigenvalue weighted by Gasteiger charge is -2.21. The molecule has 1 aromatic rings. The summed E-state index contributed by atoms with van der Waals surface area (Å²) in [7, 11) is 0. The van der Waals surface area contributed by atoms with Crippen molar-refractivity contribution in [2.24, 2.45) is 0 Å². The number of benzene rings is 1. The van der Waals surface area contributed by atoms with Crippen molar-refractivity contribution in [1.29, 1.82) is 0 Å². The van der Waals surface area contributed by atoms with Crippen molar-refractivity contribution >= 4 is 5.91 Å². The van der Waals surface area contributed by atoms with Crippen LogP contribution in [-0.4, -0.2) is 30.4 Å². The first-order chi connectivity index (χ1) is 8.60. The van der Waals surface area contributed by atoms with Crippen molar-refractivity contribution < 1.29 is 4.79 Å². The average Bonchev–Trinajstić information content (AvgIpc) is 2.38. The van der Waals surface area contributed by atoms with Crippen LogP contribution in [0.15, 0.2) is 24.3 Å². The molecule has 0 spiro atoms. The minimum Gasteiger partial charge on any atom is -0.342 e. The van der Waals surface area contributed by atoms with E-state index in [2.05, 4.69) is 31.3 Å². The number of nitrogens with zero attached hydrogens (tertiary/aromatic N) is 1. The van der Waals surface area contributed by atoms with E-state index in [9.17, 15) is 4.79 Å². The summed E-state index contributed by atoms with van der Waals surface area (Å²) in [6.45, 7) is 10.2. The summed E-state index contributed by atoms with van der Waals surface area (Å²) >= 11 is 0. The molecule has 0 saturated heterocycles. The molecule has 0 aliphatic rings. The van der Waals surface area contributed by atoms with Gasteiger partial charge in [-0.2, -0.15) is 0 Å². The topological polar surface area (TPSA) is 32.3 Å². The molecule has 1 atom stereocenters. The monoisotopic (exact) mass is 248 g/mol. The van der Waals surface area contributed by atoms with Gasteiger partial charge in [-0.3, -0.25) is 4.79 Å². The predicted molar refractivity (Wildman–Crippen MR) is 75.5 cm³/mol. The fourth-order valence-electron chi connectivity index (χ4n) is 2.11. The van der Waals surface area contributed by atoms with E-state index in [0.29, 0.717) is 6.54 Å². The van der Waals surface area contributed by atoms with Crippen LogP contribution in [0.25, 0.3) is 0 Å². The number of amides is 1. The lowest BCUT2D eigenvalue weighted by atomic mass is 10.0. The third-order valence-corrected chi connectivity index (χ3v) is 3.33. The number of carbonyl (C=O) groups excluding carboxylic acids is 1. The highest BCUT2D eigenvalue weighted by atomic mass is 16.2. The second-order valence-corrected chi connectivity index (χ2v) is 4.53. The summed E-state index contributed by atoms with van der Waals surface area (Å²) in [6.07, 6.45) is 0. The van der Waals surface area contributed by atoms with Crippen molar-refractivity contribution in [3.05, 3.63) is 35.4 Å². The molecule has 3 nitrogen and oxygen atoms in total. The Hall–Kier alpha value is -1.35. The molecule has 0 saturated carbocycles. The first-order valence-electron chi connectivity index (χ1n) is 6.66. The first-order valence-corrected chi connectivity index (χ1v) is 6.66. The van der Waals surface area contributed by atoms with Gasteiger partial charge in [0.25, 0.3) is 0 Å². The van der Waals surface area contributed by atoms with E-state index in [1.165, 1.54) is 11.1 Å². The fourth-order valence-corrected chi connectivity index (χ4v) is 2.11. The molecule has 1 aromatic carbocycles. The molecule has 0 bridgehead atoms. The first kappa shape index (κ1) is 14.7. The molecule has 0 aliphatic heterocycles. The average molecular weight is 248 g/mol. The lowest BCUT2D eigenvalue weighted by Crippen LogP contribution is -2.38. The van der Waals surface area contributed by atoms with Crippen LogP contribution in [0.2, 0.25) is 0 Å². The third-order valence-electron chi connectivity index (χ3n) is 3.33. The zero-order valence-corrected chi connectivity index (χ0v) is 11.9. The highest BCUT2D eigenvalue weighted by Crippen LogP contribution is 2.16. The van der Waals surface area contributed by atoms with Crippen LogP contribution >= 0.6 is 0 Å². The molecule has 0 aromatic heterocycles. The normalized spacial score (nSPS) is 12.2. The number of nitrogens with one attached hydrogen (secondary N) is 1. The molecule has 0 radical (unpaired) electrons. The van der Waals surface area contributed by atoms with Crippen LogP contribution in [0.1, 0.15) is 37.9 Å². The van der Waals surface area contributed by atoms with E-state index in [-0.39, 0.29) is 11.9 Å². The molecule has 0 aliphatic carbocycles. The number of aryl methyl sites for hydroxylation is 1. The van der Waals surface area contributed by atoms with Crippen LogP contribution in [-0.2, 0) is 4.79 Å². The van der Waals surface area contributed by atoms with Crippen LogP contribution in [0.4, 0.5) is 0 Å². The maximum absolute atomic E-state index is 11.9. The summed E-state index contributed by atoms with van der Waals surface area (Å²) in [4.78, 5) is 13.7. The smallest absolute Gasteiger partial charge is 0.236 e. The number of hydrogen-bond acceptors (Lipinski definition) is 2. The number of rotatable bonds is 6. The maximum Gasteiger partial charge on any atom is 0.236 e. The molecular formula is C15H24N2O. The Balaban J connectivity index is 2.54. The molecule has 18 heavy (non-hydrogen) atoms. The minimum absolute atomic E-state index is 0.167. The van der Waals surface area contributed by atoms with E-state index < -0.39 is 0 Å². The summed E-state index contributed by atoms with van der Waals surface area (Å²) < 4.78 is 0. The number of likely N-dealkylation sites (N-methyl/N-ethyl adjacent to an activating group) is 1. The molecule has 1 amide bonds. The van der Waals surface area contributed by atoms with Crippen LogP contribution < -0.4 is 5.32 Å². The van der Waals surface area contributed by atoms with Gasteiger partial charge in [0.05, 0.1) is 6.54 Å². The lowest BCUT2D eigenvalue weighted by molar-refractivity contribution is -0.129. The molecule has 1 rings (SSSR count). The molecule has 0 heterocycles. The van der Waals surface area contributed by atoms with Gasteiger partial charge < -0.3 is 10.2 Å². The highest BCUT2D eigenvalue weighted by Gasteiger charge is 2.12. The largest absolute Gasteiger partial charge is 0.342 e. The Labute approximate surface area is 110 Å². The molecule has 100 valence electrons. The van der Waals surface area contributed by atoms with Gasteiger partial charge in [0, 0.05) is 19.1 Å². The van der Waals surface area contributed by atoms with E-state index in [0.717, 1.165) is 13.1 Å². The molecule has 1 unspecified atom stereocenters. The molecule has 1 N–H and O–H groups in total. The van der Waals surface area contributed by atoms with Gasteiger partial charge in [-0.1, -0.05) is 24.3 Å². The van der Waals surface area contributed by atoms with E-state index in [4.69, 9.17) is 0 Å². The summed E-state index contributed by atoms with van der Waals surface area (Å²) in [5.41, 5.74) is 2.51. The fraction of sp³-hybridized carbons (Fsp3) is 0.533. The molecule has 3 heteroatoms. The second-order valence-electron chi connectivity index (χ2n) is 4.53. The molecule has 0 fully saturated rings. The third kappa shape index (κ3) is 3.84. The Kier molecular flexibility index (Phi) is 5.86. The van der Waals surface area contributed by atoms with Gasteiger partial charge in [0.2, 0.25) is 5.91 Å². The van der Waals surface area contributed by atoms with Crippen LogP contribution in [0.5, 0.6) is 0 Å². The Morgan fingerprint density at radius 1 is 1.28 bits per heavy atom. The van der Waals surface area contributed by atoms with E-state index in [1.54, 1.807) is 0 Å². The van der Waals surface area contributed by atoms with E-state index in [1.807, 2.05) is 30.9 Å². The van der Waals surface area contributed by atoms with Gasteiger partial charge in [0.1, 0.15) is 0 Å². The van der Waals surface area contributed by atoms with Gasteiger partial charge >= 0.3 is 0 Å².